The van der Waals surface area contributed by atoms with Gasteiger partial charge >= 0.3 is 19.3 Å². The second-order valence-electron chi connectivity index (χ2n) is 3.87. The number of carboxylic acids is 1. The van der Waals surface area contributed by atoms with Gasteiger partial charge in [0.1, 0.15) is 11.8 Å². The minimum atomic E-state index is -4.54. The summed E-state index contributed by atoms with van der Waals surface area (Å²) in [6, 6.07) is 4.58. The summed E-state index contributed by atoms with van der Waals surface area (Å²) in [5.74, 6) is -1.15. The summed E-state index contributed by atoms with van der Waals surface area (Å²) in [5, 5.41) is 8.67. The Kier molecular flexibility index (Phi) is 5.26. The summed E-state index contributed by atoms with van der Waals surface area (Å²) in [6.45, 7) is 0. The summed E-state index contributed by atoms with van der Waals surface area (Å²) in [5.41, 5.74) is 4.61. The molecule has 0 aliphatic carbocycles. The largest absolute Gasteiger partial charge is 0.485 e. The van der Waals surface area contributed by atoms with Gasteiger partial charge in [-0.25, -0.2) is 9.36 Å². The van der Waals surface area contributed by atoms with Crippen LogP contribution in [0.5, 0.6) is 5.75 Å². The molecule has 1 aromatic carbocycles. The third-order valence-electron chi connectivity index (χ3n) is 2.33. The third-order valence-corrected chi connectivity index (χ3v) is 3.43. The van der Waals surface area contributed by atoms with E-state index >= 15 is 0 Å². The third kappa shape index (κ3) is 4.34. The Morgan fingerprint density at radius 2 is 1.90 bits per heavy atom. The minimum absolute atomic E-state index is 0.0196. The van der Waals surface area contributed by atoms with Gasteiger partial charge in [-0.3, -0.25) is 4.79 Å². The van der Waals surface area contributed by atoms with Crippen LogP contribution in [0.1, 0.15) is 5.56 Å². The Bertz CT molecular complexity index is 542. The lowest BCUT2D eigenvalue weighted by molar-refractivity contribution is -0.138. The van der Waals surface area contributed by atoms with E-state index in [1.54, 1.807) is 0 Å². The van der Waals surface area contributed by atoms with Crippen molar-refractivity contribution in [2.45, 2.75) is 12.5 Å². The summed E-state index contributed by atoms with van der Waals surface area (Å²) in [6.07, 6.45) is 0.101. The van der Waals surface area contributed by atoms with Gasteiger partial charge in [-0.2, -0.15) is 0 Å². The van der Waals surface area contributed by atoms with Gasteiger partial charge in [-0.1, -0.05) is 12.1 Å². The molecule has 0 radical (unpaired) electrons. The Hall–Kier alpha value is -1.89. The number of hydrogen-bond acceptors (Lipinski definition) is 6. The maximum atomic E-state index is 11.4. The molecule has 0 fully saturated rings. The van der Waals surface area contributed by atoms with Crippen molar-refractivity contribution in [3.63, 3.8) is 0 Å². The number of benzene rings is 1. The van der Waals surface area contributed by atoms with E-state index < -0.39 is 25.3 Å². The molecule has 20 heavy (non-hydrogen) atoms. The summed E-state index contributed by atoms with van der Waals surface area (Å²) in [4.78, 5) is 30.9. The Balaban J connectivity index is 2.75. The van der Waals surface area contributed by atoms with Gasteiger partial charge in [0.15, 0.2) is 0 Å². The highest BCUT2D eigenvalue weighted by Crippen LogP contribution is 2.44. The van der Waals surface area contributed by atoms with E-state index in [-0.39, 0.29) is 12.2 Å². The van der Waals surface area contributed by atoms with E-state index in [2.05, 4.69) is 9.26 Å². The molecule has 0 saturated carbocycles. The summed E-state index contributed by atoms with van der Waals surface area (Å²) < 4.78 is 20.2. The van der Waals surface area contributed by atoms with Crippen LogP contribution in [0.2, 0.25) is 0 Å². The topological polar surface area (TPSA) is 136 Å². The van der Waals surface area contributed by atoms with Crippen molar-refractivity contribution in [3.05, 3.63) is 29.8 Å². The number of hydrogen-bond donors (Lipinski definition) is 3. The number of ether oxygens (including phenoxy) is 1. The Labute approximate surface area is 114 Å². The monoisotopic (exact) mass is 303 g/mol. The highest BCUT2D eigenvalue weighted by Gasteiger charge is 2.33. The van der Waals surface area contributed by atoms with Crippen molar-refractivity contribution in [2.24, 2.45) is 5.73 Å². The first kappa shape index (κ1) is 16.2. The van der Waals surface area contributed by atoms with Crippen molar-refractivity contribution in [3.8, 4) is 5.75 Å². The first-order valence-corrected chi connectivity index (χ1v) is 7.02. The first-order valence-electron chi connectivity index (χ1n) is 5.44. The SMILES string of the molecule is COC(=O)P(=O)(O)Oc1ccc(CC(N)C(=O)O)cc1. The quantitative estimate of drug-likeness (QED) is 0.661. The predicted octanol–water partition coefficient (Wildman–Crippen LogP) is 0.972. The van der Waals surface area contributed by atoms with Crippen LogP contribution in [0, 0.1) is 0 Å². The molecular formula is C11H14NO7P. The lowest BCUT2D eigenvalue weighted by Crippen LogP contribution is -2.32. The van der Waals surface area contributed by atoms with Gasteiger partial charge in [-0.05, 0) is 24.1 Å². The molecule has 110 valence electrons. The van der Waals surface area contributed by atoms with E-state index in [1.807, 2.05) is 0 Å². The molecule has 0 bridgehead atoms. The molecule has 0 aliphatic rings. The first-order chi connectivity index (χ1) is 9.26. The molecule has 0 aromatic heterocycles. The van der Waals surface area contributed by atoms with Gasteiger partial charge in [0.25, 0.3) is 0 Å². The van der Waals surface area contributed by atoms with E-state index in [1.165, 1.54) is 24.3 Å². The Morgan fingerprint density at radius 1 is 1.35 bits per heavy atom. The van der Waals surface area contributed by atoms with Crippen molar-refractivity contribution >= 4 is 19.3 Å². The van der Waals surface area contributed by atoms with Crippen molar-refractivity contribution < 1.29 is 33.4 Å². The number of carbonyl (C=O) groups excluding carboxylic acids is 1. The zero-order valence-corrected chi connectivity index (χ0v) is 11.4. The van der Waals surface area contributed by atoms with Crippen LogP contribution in [0.15, 0.2) is 24.3 Å². The van der Waals surface area contributed by atoms with Gasteiger partial charge in [0.2, 0.25) is 0 Å². The minimum Gasteiger partial charge on any atom is -0.480 e. The maximum absolute atomic E-state index is 11.4. The zero-order chi connectivity index (χ0) is 15.3. The molecule has 1 rings (SSSR count). The van der Waals surface area contributed by atoms with Crippen molar-refractivity contribution in [2.75, 3.05) is 7.11 Å². The molecule has 1 aromatic rings. The number of rotatable bonds is 6. The molecule has 0 spiro atoms. The molecule has 4 N–H and O–H groups in total. The number of aliphatic carboxylic acids is 1. The fourth-order valence-corrected chi connectivity index (χ4v) is 2.04. The van der Waals surface area contributed by atoms with Crippen LogP contribution in [-0.2, 0) is 20.5 Å². The highest BCUT2D eigenvalue weighted by molar-refractivity contribution is 7.70. The van der Waals surface area contributed by atoms with Gasteiger partial charge in [-0.15, -0.1) is 0 Å². The standard InChI is InChI=1S/C11H14NO7P/c1-18-11(15)20(16,17)19-8-4-2-7(3-5-8)6-9(12)10(13)14/h2-5,9H,6,12H2,1H3,(H,13,14)(H,16,17). The fraction of sp³-hybridized carbons (Fsp3) is 0.273. The molecule has 9 heteroatoms. The smallest absolute Gasteiger partial charge is 0.480 e. The molecule has 2 atom stereocenters. The van der Waals surface area contributed by atoms with Crippen LogP contribution in [-0.4, -0.2) is 34.8 Å². The van der Waals surface area contributed by atoms with Gasteiger partial charge in [0.05, 0.1) is 7.11 Å². The summed E-state index contributed by atoms with van der Waals surface area (Å²) in [7, 11) is -3.58. The molecular weight excluding hydrogens is 289 g/mol. The molecule has 0 amide bonds. The van der Waals surface area contributed by atoms with Gasteiger partial charge < -0.3 is 25.0 Å². The molecule has 0 heterocycles. The van der Waals surface area contributed by atoms with E-state index in [4.69, 9.17) is 10.8 Å². The van der Waals surface area contributed by atoms with E-state index in [0.29, 0.717) is 5.56 Å². The van der Waals surface area contributed by atoms with Crippen LogP contribution < -0.4 is 10.3 Å². The van der Waals surface area contributed by atoms with Crippen LogP contribution in [0.3, 0.4) is 0 Å². The second-order valence-corrected chi connectivity index (χ2v) is 5.46. The van der Waals surface area contributed by atoms with Crippen molar-refractivity contribution in [1.82, 2.24) is 0 Å². The Morgan fingerprint density at radius 3 is 2.35 bits per heavy atom. The van der Waals surface area contributed by atoms with E-state index in [0.717, 1.165) is 7.11 Å². The average Bonchev–Trinajstić information content (AvgIpc) is 2.39. The maximum Gasteiger partial charge on any atom is 0.485 e. The molecule has 8 nitrogen and oxygen atoms in total. The molecule has 0 aliphatic heterocycles. The second kappa shape index (κ2) is 6.51. The van der Waals surface area contributed by atoms with Crippen molar-refractivity contribution in [1.29, 1.82) is 0 Å². The van der Waals surface area contributed by atoms with Gasteiger partial charge in [0, 0.05) is 0 Å². The lowest BCUT2D eigenvalue weighted by atomic mass is 10.1. The lowest BCUT2D eigenvalue weighted by Gasteiger charge is -2.11. The molecule has 0 saturated heterocycles. The normalized spacial score (nSPS) is 14.9. The number of methoxy groups -OCH3 is 1. The van der Waals surface area contributed by atoms with E-state index in [9.17, 15) is 19.0 Å². The fourth-order valence-electron chi connectivity index (χ4n) is 1.32. The highest BCUT2D eigenvalue weighted by atomic mass is 31.2. The number of nitrogens with two attached hydrogens (primary N) is 1. The number of carboxylic acid groups (broad SMARTS) is 1. The van der Waals surface area contributed by atoms with Crippen LogP contribution in [0.25, 0.3) is 0 Å². The molecule has 2 unspecified atom stereocenters. The van der Waals surface area contributed by atoms with Crippen LogP contribution in [0.4, 0.5) is 4.79 Å². The zero-order valence-electron chi connectivity index (χ0n) is 10.6. The number of carbonyl (C=O) groups is 2. The van der Waals surface area contributed by atoms with Crippen LogP contribution >= 0.6 is 7.60 Å². The summed E-state index contributed by atoms with van der Waals surface area (Å²) >= 11 is 0. The average molecular weight is 303 g/mol. The predicted molar refractivity (Wildman–Crippen MR) is 68.6 cm³/mol.